The maximum Gasteiger partial charge on any atom is 0.251 e. The van der Waals surface area contributed by atoms with Crippen molar-refractivity contribution in [1.29, 1.82) is 0 Å². The molecule has 0 bridgehead atoms. The summed E-state index contributed by atoms with van der Waals surface area (Å²) in [5.41, 5.74) is 2.93. The molecular weight excluding hydrogens is 477 g/mol. The van der Waals surface area contributed by atoms with Crippen LogP contribution in [0.1, 0.15) is 40.1 Å². The lowest BCUT2D eigenvalue weighted by Gasteiger charge is -2.29. The Morgan fingerprint density at radius 1 is 1.24 bits per heavy atom. The Bertz CT molecular complexity index is 1500. The van der Waals surface area contributed by atoms with Crippen LogP contribution in [0.3, 0.4) is 0 Å². The Kier molecular flexibility index (Phi) is 5.85. The number of alkyl halides is 1. The molecule has 0 unspecified atom stereocenters. The highest BCUT2D eigenvalue weighted by molar-refractivity contribution is 5.94. The highest BCUT2D eigenvalue weighted by Crippen LogP contribution is 2.34. The molecule has 37 heavy (non-hydrogen) atoms. The Labute approximate surface area is 212 Å². The first kappa shape index (κ1) is 23.5. The van der Waals surface area contributed by atoms with Gasteiger partial charge in [0.05, 0.1) is 68.6 Å². The summed E-state index contributed by atoms with van der Waals surface area (Å²) in [6.07, 6.45) is 3.66. The number of hydrogen-bond donors (Lipinski definition) is 1. The average Bonchev–Trinajstić information content (AvgIpc) is 3.29. The van der Waals surface area contributed by atoms with Crippen molar-refractivity contribution in [3.63, 3.8) is 0 Å². The second kappa shape index (κ2) is 9.20. The number of ether oxygens (including phenoxy) is 3. The second-order valence-corrected chi connectivity index (χ2v) is 9.53. The van der Waals surface area contributed by atoms with Gasteiger partial charge in [0.25, 0.3) is 5.91 Å². The average molecular weight is 504 g/mol. The van der Waals surface area contributed by atoms with Crippen LogP contribution in [-0.2, 0) is 28.3 Å². The molecule has 1 fully saturated rings. The van der Waals surface area contributed by atoms with Crippen molar-refractivity contribution in [2.45, 2.75) is 31.8 Å². The number of carbonyl (C=O) groups is 1. The van der Waals surface area contributed by atoms with Gasteiger partial charge in [0, 0.05) is 23.3 Å². The predicted octanol–water partition coefficient (Wildman–Crippen LogP) is 3.72. The number of aromatic nitrogens is 4. The summed E-state index contributed by atoms with van der Waals surface area (Å²) in [4.78, 5) is 22.1. The molecule has 9 nitrogen and oxygen atoms in total. The molecule has 0 radical (unpaired) electrons. The SMILES string of the molecule is COc1nn(C2COC2)cc1-c1ccc2cnc(CNC(=O)c3ccc4c(c3)[C@](C)(F)COC4)cc2n1. The first-order chi connectivity index (χ1) is 17.9. The Morgan fingerprint density at radius 3 is 2.89 bits per heavy atom. The predicted molar refractivity (Wildman–Crippen MR) is 133 cm³/mol. The van der Waals surface area contributed by atoms with Gasteiger partial charge in [-0.15, -0.1) is 5.10 Å². The fourth-order valence-corrected chi connectivity index (χ4v) is 4.60. The van der Waals surface area contributed by atoms with E-state index < -0.39 is 5.67 Å². The van der Waals surface area contributed by atoms with Crippen LogP contribution in [0.4, 0.5) is 4.39 Å². The van der Waals surface area contributed by atoms with Gasteiger partial charge >= 0.3 is 0 Å². The highest BCUT2D eigenvalue weighted by atomic mass is 19.1. The van der Waals surface area contributed by atoms with Crippen molar-refractivity contribution < 1.29 is 23.4 Å². The molecule has 1 aromatic carbocycles. The van der Waals surface area contributed by atoms with E-state index in [4.69, 9.17) is 19.2 Å². The summed E-state index contributed by atoms with van der Waals surface area (Å²) in [5, 5.41) is 8.27. The van der Waals surface area contributed by atoms with E-state index in [0.29, 0.717) is 42.5 Å². The molecule has 1 atom stereocenters. The van der Waals surface area contributed by atoms with Crippen LogP contribution in [0.25, 0.3) is 22.2 Å². The number of amides is 1. The third-order valence-electron chi connectivity index (χ3n) is 6.79. The van der Waals surface area contributed by atoms with Crippen molar-refractivity contribution in [2.75, 3.05) is 26.9 Å². The van der Waals surface area contributed by atoms with Crippen LogP contribution >= 0.6 is 0 Å². The molecule has 2 aliphatic rings. The number of nitrogens with zero attached hydrogens (tertiary/aromatic N) is 4. The summed E-state index contributed by atoms with van der Waals surface area (Å²) in [7, 11) is 1.59. The zero-order valence-electron chi connectivity index (χ0n) is 20.5. The molecule has 0 aliphatic carbocycles. The topological polar surface area (TPSA) is 100 Å². The van der Waals surface area contributed by atoms with E-state index in [2.05, 4.69) is 15.4 Å². The third kappa shape index (κ3) is 4.42. The van der Waals surface area contributed by atoms with Gasteiger partial charge in [-0.1, -0.05) is 6.07 Å². The van der Waals surface area contributed by atoms with Gasteiger partial charge in [-0.3, -0.25) is 14.5 Å². The number of benzene rings is 1. The number of rotatable bonds is 6. The van der Waals surface area contributed by atoms with E-state index in [1.807, 2.05) is 29.1 Å². The molecule has 3 aromatic heterocycles. The number of nitrogens with one attached hydrogen (secondary N) is 1. The van der Waals surface area contributed by atoms with E-state index in [0.717, 1.165) is 27.7 Å². The van der Waals surface area contributed by atoms with Crippen LogP contribution in [-0.4, -0.2) is 52.6 Å². The third-order valence-corrected chi connectivity index (χ3v) is 6.79. The van der Waals surface area contributed by atoms with Crippen LogP contribution in [0.5, 0.6) is 5.88 Å². The molecule has 1 N–H and O–H groups in total. The molecule has 1 saturated heterocycles. The first-order valence-corrected chi connectivity index (χ1v) is 12.1. The fourth-order valence-electron chi connectivity index (χ4n) is 4.60. The summed E-state index contributed by atoms with van der Waals surface area (Å²) in [5.74, 6) is 0.201. The van der Waals surface area contributed by atoms with Crippen LogP contribution in [0, 0.1) is 0 Å². The molecule has 10 heteroatoms. The lowest BCUT2D eigenvalue weighted by Crippen LogP contribution is -2.30. The summed E-state index contributed by atoms with van der Waals surface area (Å²) >= 11 is 0. The molecule has 0 saturated carbocycles. The van der Waals surface area contributed by atoms with E-state index >= 15 is 0 Å². The minimum Gasteiger partial charge on any atom is -0.479 e. The monoisotopic (exact) mass is 503 g/mol. The molecule has 2 aliphatic heterocycles. The lowest BCUT2D eigenvalue weighted by atomic mass is 9.90. The van der Waals surface area contributed by atoms with E-state index in [1.165, 1.54) is 6.92 Å². The van der Waals surface area contributed by atoms with Crippen molar-refractivity contribution in [1.82, 2.24) is 25.1 Å². The van der Waals surface area contributed by atoms with E-state index in [1.54, 1.807) is 31.5 Å². The standard InChI is InChI=1S/C27H26FN5O4/c1-27(28)15-37-12-18-4-3-16(7-22(18)27)25(34)30-10-19-8-24-17(9-29-19)5-6-23(31-24)21-11-33(20-13-36-14-20)32-26(21)35-2/h3-9,11,20H,10,12-15H2,1-2H3,(H,30,34)/t27-/m1/s1. The van der Waals surface area contributed by atoms with E-state index in [-0.39, 0.29) is 25.1 Å². The van der Waals surface area contributed by atoms with Crippen LogP contribution < -0.4 is 10.1 Å². The maximum absolute atomic E-state index is 14.9. The van der Waals surface area contributed by atoms with Gasteiger partial charge < -0.3 is 19.5 Å². The van der Waals surface area contributed by atoms with Gasteiger partial charge in [0.1, 0.15) is 0 Å². The zero-order valence-corrected chi connectivity index (χ0v) is 20.5. The number of methoxy groups -OCH3 is 1. The number of fused-ring (bicyclic) bond motifs is 2. The van der Waals surface area contributed by atoms with Crippen molar-refractivity contribution in [2.24, 2.45) is 0 Å². The quantitative estimate of drug-likeness (QED) is 0.428. The summed E-state index contributed by atoms with van der Waals surface area (Å²) in [6, 6.07) is 10.9. The Hall–Kier alpha value is -3.89. The van der Waals surface area contributed by atoms with Gasteiger partial charge in [0.15, 0.2) is 5.67 Å². The minimum atomic E-state index is -1.63. The van der Waals surface area contributed by atoms with E-state index in [9.17, 15) is 9.18 Å². The van der Waals surface area contributed by atoms with Gasteiger partial charge in [-0.25, -0.2) is 9.37 Å². The molecule has 1 amide bonds. The summed E-state index contributed by atoms with van der Waals surface area (Å²) in [6.45, 7) is 3.25. The van der Waals surface area contributed by atoms with Gasteiger partial charge in [-0.2, -0.15) is 0 Å². The van der Waals surface area contributed by atoms with Crippen molar-refractivity contribution in [3.05, 3.63) is 71.2 Å². The largest absolute Gasteiger partial charge is 0.479 e. The Balaban J connectivity index is 1.21. The normalized spacial score (nSPS) is 19.3. The molecule has 5 heterocycles. The molecule has 190 valence electrons. The van der Waals surface area contributed by atoms with Crippen LogP contribution in [0.2, 0.25) is 0 Å². The smallest absolute Gasteiger partial charge is 0.251 e. The van der Waals surface area contributed by atoms with Crippen molar-refractivity contribution in [3.8, 4) is 17.1 Å². The maximum atomic E-state index is 14.9. The van der Waals surface area contributed by atoms with Crippen LogP contribution in [0.15, 0.2) is 48.8 Å². The molecule has 6 rings (SSSR count). The van der Waals surface area contributed by atoms with Crippen molar-refractivity contribution >= 4 is 16.8 Å². The number of hydrogen-bond acceptors (Lipinski definition) is 7. The zero-order chi connectivity index (χ0) is 25.6. The highest BCUT2D eigenvalue weighted by Gasteiger charge is 2.33. The number of halogens is 1. The number of carbonyl (C=O) groups excluding carboxylic acids is 1. The number of pyridine rings is 2. The molecular formula is C27H26FN5O4. The molecule has 4 aromatic rings. The molecule has 0 spiro atoms. The van der Waals surface area contributed by atoms with Gasteiger partial charge in [-0.05, 0) is 48.4 Å². The minimum absolute atomic E-state index is 0.0251. The first-order valence-electron chi connectivity index (χ1n) is 12.1. The fraction of sp³-hybridized carbons (Fsp3) is 0.333. The summed E-state index contributed by atoms with van der Waals surface area (Å²) < 4.78 is 32.8. The lowest BCUT2D eigenvalue weighted by molar-refractivity contribution is -0.0289. The second-order valence-electron chi connectivity index (χ2n) is 9.53. The Morgan fingerprint density at radius 2 is 2.11 bits per heavy atom. The van der Waals surface area contributed by atoms with Gasteiger partial charge in [0.2, 0.25) is 5.88 Å².